The summed E-state index contributed by atoms with van der Waals surface area (Å²) in [6, 6.07) is 22.4. The Morgan fingerprint density at radius 3 is 2.05 bits per heavy atom. The van der Waals surface area contributed by atoms with Crippen LogP contribution in [0.5, 0.6) is 5.75 Å². The van der Waals surface area contributed by atoms with Gasteiger partial charge in [-0.05, 0) is 72.8 Å². The van der Waals surface area contributed by atoms with Crippen LogP contribution in [-0.4, -0.2) is 33.2 Å². The van der Waals surface area contributed by atoms with Gasteiger partial charge in [0.15, 0.2) is 0 Å². The number of furan rings is 1. The lowest BCUT2D eigenvalue weighted by atomic mass is 10.2. The van der Waals surface area contributed by atoms with Crippen molar-refractivity contribution in [2.45, 2.75) is 0 Å². The highest BCUT2D eigenvalue weighted by Gasteiger charge is 2.10. The summed E-state index contributed by atoms with van der Waals surface area (Å²) in [5, 5.41) is 21.2. The fourth-order valence-corrected chi connectivity index (χ4v) is 3.48. The molecule has 0 saturated carbocycles. The normalized spacial score (nSPS) is 10.8. The Kier molecular flexibility index (Phi) is 7.53. The largest absolute Gasteiger partial charge is 0.497 e. The summed E-state index contributed by atoms with van der Waals surface area (Å²) in [5.74, 6) is 1.84. The van der Waals surface area contributed by atoms with Gasteiger partial charge in [0.1, 0.15) is 23.1 Å². The lowest BCUT2D eigenvalue weighted by Crippen LogP contribution is -2.07. The number of methoxy groups -OCH3 is 1. The van der Waals surface area contributed by atoms with Gasteiger partial charge in [0.05, 0.1) is 18.2 Å². The zero-order chi connectivity index (χ0) is 27.9. The van der Waals surface area contributed by atoms with Crippen molar-refractivity contribution in [2.24, 2.45) is 5.10 Å². The average molecular weight is 541 g/mol. The molecule has 0 bridgehead atoms. The van der Waals surface area contributed by atoms with E-state index < -0.39 is 4.92 Å². The SMILES string of the molecule is COc1ccc(Nc2nc(NN=Cc3ccc(-c4ccc(F)cc4)o3)nc(Nc3ccc([N+](=O)[O-])cc3)n2)cc1. The van der Waals surface area contributed by atoms with Gasteiger partial charge in [-0.15, -0.1) is 0 Å². The number of rotatable bonds is 10. The minimum absolute atomic E-state index is 0.0414. The molecular weight excluding hydrogens is 519 g/mol. The molecule has 13 heteroatoms. The Hall–Kier alpha value is -5.85. The Labute approximate surface area is 226 Å². The second-order valence-electron chi connectivity index (χ2n) is 8.17. The molecule has 0 aliphatic heterocycles. The van der Waals surface area contributed by atoms with Crippen molar-refractivity contribution in [3.63, 3.8) is 0 Å². The fraction of sp³-hybridized carbons (Fsp3) is 0.0370. The van der Waals surface area contributed by atoms with Crippen LogP contribution in [0.2, 0.25) is 0 Å². The molecule has 5 aromatic rings. The Bertz CT molecular complexity index is 1640. The van der Waals surface area contributed by atoms with Gasteiger partial charge in [0.2, 0.25) is 17.8 Å². The van der Waals surface area contributed by atoms with Crippen molar-refractivity contribution in [3.05, 3.63) is 107 Å². The van der Waals surface area contributed by atoms with Gasteiger partial charge in [0, 0.05) is 29.1 Å². The number of nitrogens with one attached hydrogen (secondary N) is 3. The number of benzene rings is 3. The summed E-state index contributed by atoms with van der Waals surface area (Å²) < 4.78 is 24.1. The molecule has 3 N–H and O–H groups in total. The molecule has 0 amide bonds. The molecule has 0 aliphatic carbocycles. The topological polar surface area (TPSA) is 153 Å². The van der Waals surface area contributed by atoms with Crippen molar-refractivity contribution in [1.82, 2.24) is 15.0 Å². The van der Waals surface area contributed by atoms with E-state index in [1.807, 2.05) is 0 Å². The number of nitro benzene ring substituents is 1. The van der Waals surface area contributed by atoms with Crippen LogP contribution < -0.4 is 20.8 Å². The molecule has 3 aromatic carbocycles. The molecule has 2 aromatic heterocycles. The molecule has 0 spiro atoms. The lowest BCUT2D eigenvalue weighted by Gasteiger charge is -2.10. The predicted octanol–water partition coefficient (Wildman–Crippen LogP) is 6.12. The van der Waals surface area contributed by atoms with Crippen LogP contribution in [-0.2, 0) is 0 Å². The zero-order valence-corrected chi connectivity index (χ0v) is 20.9. The van der Waals surface area contributed by atoms with E-state index in [1.165, 1.54) is 30.5 Å². The average Bonchev–Trinajstić information content (AvgIpc) is 3.43. The molecule has 40 heavy (non-hydrogen) atoms. The maximum Gasteiger partial charge on any atom is 0.269 e. The van der Waals surface area contributed by atoms with Crippen molar-refractivity contribution in [1.29, 1.82) is 0 Å². The van der Waals surface area contributed by atoms with E-state index in [0.29, 0.717) is 28.6 Å². The second-order valence-corrected chi connectivity index (χ2v) is 8.17. The number of hydrogen-bond donors (Lipinski definition) is 3. The van der Waals surface area contributed by atoms with Crippen molar-refractivity contribution < 1.29 is 18.5 Å². The number of nitrogens with zero attached hydrogens (tertiary/aromatic N) is 5. The van der Waals surface area contributed by atoms with Crippen molar-refractivity contribution in [3.8, 4) is 17.1 Å². The van der Waals surface area contributed by atoms with Gasteiger partial charge in [-0.3, -0.25) is 10.1 Å². The third-order valence-electron chi connectivity index (χ3n) is 5.43. The van der Waals surface area contributed by atoms with E-state index in [4.69, 9.17) is 9.15 Å². The van der Waals surface area contributed by atoms with E-state index in [-0.39, 0.29) is 29.3 Å². The van der Waals surface area contributed by atoms with Crippen LogP contribution in [0, 0.1) is 15.9 Å². The number of non-ortho nitro benzene ring substituents is 1. The number of hydrogen-bond acceptors (Lipinski definition) is 11. The molecule has 0 atom stereocenters. The van der Waals surface area contributed by atoms with E-state index in [9.17, 15) is 14.5 Å². The highest BCUT2D eigenvalue weighted by atomic mass is 19.1. The lowest BCUT2D eigenvalue weighted by molar-refractivity contribution is -0.384. The van der Waals surface area contributed by atoms with Crippen molar-refractivity contribution in [2.75, 3.05) is 23.2 Å². The van der Waals surface area contributed by atoms with Crippen LogP contribution >= 0.6 is 0 Å². The van der Waals surface area contributed by atoms with Gasteiger partial charge < -0.3 is 19.8 Å². The fourth-order valence-electron chi connectivity index (χ4n) is 3.48. The summed E-state index contributed by atoms with van der Waals surface area (Å²) in [6.45, 7) is 0. The van der Waals surface area contributed by atoms with Crippen LogP contribution in [0.4, 0.5) is 39.3 Å². The number of ether oxygens (including phenoxy) is 1. The first-order valence-corrected chi connectivity index (χ1v) is 11.8. The number of halogens is 1. The van der Waals surface area contributed by atoms with Crippen LogP contribution in [0.1, 0.15) is 5.76 Å². The third kappa shape index (κ3) is 6.52. The number of aromatic nitrogens is 3. The number of nitro groups is 1. The molecule has 12 nitrogen and oxygen atoms in total. The third-order valence-corrected chi connectivity index (χ3v) is 5.43. The minimum Gasteiger partial charge on any atom is -0.497 e. The first-order chi connectivity index (χ1) is 19.4. The Morgan fingerprint density at radius 2 is 1.45 bits per heavy atom. The summed E-state index contributed by atoms with van der Waals surface area (Å²) in [6.07, 6.45) is 1.44. The quantitative estimate of drug-likeness (QED) is 0.107. The Balaban J connectivity index is 1.35. The van der Waals surface area contributed by atoms with Gasteiger partial charge in [0.25, 0.3) is 5.69 Å². The number of anilines is 5. The van der Waals surface area contributed by atoms with Gasteiger partial charge >= 0.3 is 0 Å². The summed E-state index contributed by atoms with van der Waals surface area (Å²) in [4.78, 5) is 23.5. The van der Waals surface area contributed by atoms with Gasteiger partial charge in [-0.1, -0.05) is 0 Å². The first kappa shape index (κ1) is 25.8. The highest BCUT2D eigenvalue weighted by Crippen LogP contribution is 2.23. The zero-order valence-electron chi connectivity index (χ0n) is 20.9. The molecule has 200 valence electrons. The maximum atomic E-state index is 13.2. The van der Waals surface area contributed by atoms with E-state index in [2.05, 4.69) is 36.1 Å². The molecule has 2 heterocycles. The molecule has 0 unspecified atom stereocenters. The first-order valence-electron chi connectivity index (χ1n) is 11.8. The Morgan fingerprint density at radius 1 is 0.850 bits per heavy atom. The monoisotopic (exact) mass is 540 g/mol. The molecule has 0 aliphatic rings. The van der Waals surface area contributed by atoms with Gasteiger partial charge in [-0.2, -0.15) is 20.1 Å². The van der Waals surface area contributed by atoms with E-state index >= 15 is 0 Å². The summed E-state index contributed by atoms with van der Waals surface area (Å²) >= 11 is 0. The van der Waals surface area contributed by atoms with Crippen LogP contribution in [0.25, 0.3) is 11.3 Å². The highest BCUT2D eigenvalue weighted by molar-refractivity contribution is 5.78. The molecular formula is C27H21FN8O4. The minimum atomic E-state index is -0.481. The standard InChI is InChI=1S/C27H21FN8O4/c1-39-22-12-8-20(9-13-22)31-26-32-25(30-19-6-10-21(11-7-19)36(37)38)33-27(34-26)35-29-16-23-14-15-24(40-23)17-2-4-18(28)5-3-17/h2-16H,1H3,(H3,30,31,32,33,34,35). The summed E-state index contributed by atoms with van der Waals surface area (Å²) in [7, 11) is 1.58. The van der Waals surface area contributed by atoms with E-state index in [1.54, 1.807) is 67.8 Å². The number of hydrazone groups is 1. The van der Waals surface area contributed by atoms with Crippen LogP contribution in [0.15, 0.2) is 94.4 Å². The molecule has 0 radical (unpaired) electrons. The van der Waals surface area contributed by atoms with E-state index in [0.717, 1.165) is 5.56 Å². The van der Waals surface area contributed by atoms with Crippen LogP contribution in [0.3, 0.4) is 0 Å². The second kappa shape index (κ2) is 11.7. The van der Waals surface area contributed by atoms with Crippen molar-refractivity contribution >= 4 is 41.1 Å². The maximum absolute atomic E-state index is 13.2. The molecule has 5 rings (SSSR count). The summed E-state index contributed by atoms with van der Waals surface area (Å²) in [5.41, 5.74) is 4.67. The molecule has 0 saturated heterocycles. The van der Waals surface area contributed by atoms with Gasteiger partial charge in [-0.25, -0.2) is 9.82 Å². The predicted molar refractivity (Wildman–Crippen MR) is 148 cm³/mol. The molecule has 0 fully saturated rings. The smallest absolute Gasteiger partial charge is 0.269 e.